The molecule has 76 valence electrons. The summed E-state index contributed by atoms with van der Waals surface area (Å²) in [6.45, 7) is 1.16. The normalized spacial score (nSPS) is 34.3. The van der Waals surface area contributed by atoms with Crippen molar-refractivity contribution in [2.75, 3.05) is 13.2 Å². The first-order chi connectivity index (χ1) is 6.04. The van der Waals surface area contributed by atoms with Gasteiger partial charge < -0.3 is 19.3 Å². The SMILES string of the molecule is O=P(O)(O)OC(CC1CO1)C1CO1. The lowest BCUT2D eigenvalue weighted by Gasteiger charge is -2.14. The highest BCUT2D eigenvalue weighted by atomic mass is 31.2. The van der Waals surface area contributed by atoms with Crippen molar-refractivity contribution in [3.8, 4) is 0 Å². The summed E-state index contributed by atoms with van der Waals surface area (Å²) in [6, 6.07) is 0. The second-order valence-corrected chi connectivity index (χ2v) is 4.39. The molecule has 0 bridgehead atoms. The number of rotatable bonds is 5. The second kappa shape index (κ2) is 3.31. The van der Waals surface area contributed by atoms with Gasteiger partial charge in [0.1, 0.15) is 12.2 Å². The van der Waals surface area contributed by atoms with Crippen molar-refractivity contribution in [1.82, 2.24) is 0 Å². The Kier molecular flexibility index (Phi) is 2.44. The van der Waals surface area contributed by atoms with Crippen LogP contribution in [0.25, 0.3) is 0 Å². The average molecular weight is 210 g/mol. The fraction of sp³-hybridized carbons (Fsp3) is 1.00. The average Bonchev–Trinajstić information content (AvgIpc) is 2.80. The molecule has 2 fully saturated rings. The quantitative estimate of drug-likeness (QED) is 0.476. The van der Waals surface area contributed by atoms with Crippen molar-refractivity contribution < 1.29 is 28.3 Å². The minimum Gasteiger partial charge on any atom is -0.373 e. The Morgan fingerprint density at radius 2 is 2.08 bits per heavy atom. The van der Waals surface area contributed by atoms with Gasteiger partial charge in [0.15, 0.2) is 0 Å². The van der Waals surface area contributed by atoms with Crippen molar-refractivity contribution >= 4 is 7.82 Å². The summed E-state index contributed by atoms with van der Waals surface area (Å²) in [6.07, 6.45) is -0.124. The van der Waals surface area contributed by atoms with Gasteiger partial charge in [0, 0.05) is 6.42 Å². The van der Waals surface area contributed by atoms with Gasteiger partial charge in [-0.1, -0.05) is 0 Å². The lowest BCUT2D eigenvalue weighted by Crippen LogP contribution is -2.20. The molecule has 0 radical (unpaired) electrons. The van der Waals surface area contributed by atoms with Gasteiger partial charge in [0.05, 0.1) is 19.3 Å². The fourth-order valence-corrected chi connectivity index (χ4v) is 1.75. The standard InChI is InChI=1S/C6H11O6P/c7-13(8,9)12-5(6-3-11-6)1-4-2-10-4/h4-6H,1-3H2,(H2,7,8,9). The molecule has 0 aromatic carbocycles. The number of epoxide rings is 2. The fourth-order valence-electron chi connectivity index (χ4n) is 1.17. The highest BCUT2D eigenvalue weighted by molar-refractivity contribution is 7.46. The van der Waals surface area contributed by atoms with E-state index < -0.39 is 13.9 Å². The Balaban J connectivity index is 1.84. The van der Waals surface area contributed by atoms with Gasteiger partial charge >= 0.3 is 7.82 Å². The second-order valence-electron chi connectivity index (χ2n) is 3.20. The maximum Gasteiger partial charge on any atom is 0.469 e. The summed E-state index contributed by atoms with van der Waals surface area (Å²) in [7, 11) is -4.40. The van der Waals surface area contributed by atoms with Crippen LogP contribution in [0.2, 0.25) is 0 Å². The van der Waals surface area contributed by atoms with Crippen LogP contribution in [0.5, 0.6) is 0 Å². The topological polar surface area (TPSA) is 91.8 Å². The van der Waals surface area contributed by atoms with Crippen LogP contribution in [0.3, 0.4) is 0 Å². The molecule has 0 aromatic heterocycles. The Hall–Kier alpha value is 0.0300. The van der Waals surface area contributed by atoms with E-state index >= 15 is 0 Å². The summed E-state index contributed by atoms with van der Waals surface area (Å²) in [4.78, 5) is 17.2. The third-order valence-corrected chi connectivity index (χ3v) is 2.49. The third-order valence-electron chi connectivity index (χ3n) is 1.94. The molecule has 2 aliphatic heterocycles. The van der Waals surface area contributed by atoms with E-state index in [1.807, 2.05) is 0 Å². The summed E-state index contributed by atoms with van der Waals surface area (Å²) in [5, 5.41) is 0. The van der Waals surface area contributed by atoms with Crippen molar-refractivity contribution in [3.05, 3.63) is 0 Å². The van der Waals surface area contributed by atoms with E-state index in [1.54, 1.807) is 0 Å². The number of hydrogen-bond donors (Lipinski definition) is 2. The molecule has 0 spiro atoms. The van der Waals surface area contributed by atoms with Gasteiger partial charge in [-0.05, 0) is 0 Å². The van der Waals surface area contributed by atoms with E-state index in [2.05, 4.69) is 4.52 Å². The number of ether oxygens (including phenoxy) is 2. The summed E-state index contributed by atoms with van der Waals surface area (Å²) < 4.78 is 25.0. The lowest BCUT2D eigenvalue weighted by atomic mass is 10.1. The predicted octanol–water partition coefficient (Wildman–Crippen LogP) is -0.348. The van der Waals surface area contributed by atoms with Crippen LogP contribution in [0.15, 0.2) is 0 Å². The van der Waals surface area contributed by atoms with Crippen LogP contribution in [0.4, 0.5) is 0 Å². The van der Waals surface area contributed by atoms with Gasteiger partial charge in [0.25, 0.3) is 0 Å². The van der Waals surface area contributed by atoms with E-state index in [4.69, 9.17) is 19.3 Å². The van der Waals surface area contributed by atoms with Gasteiger partial charge in [0.2, 0.25) is 0 Å². The van der Waals surface area contributed by atoms with Gasteiger partial charge in [-0.15, -0.1) is 0 Å². The molecule has 0 aromatic rings. The van der Waals surface area contributed by atoms with Crippen LogP contribution in [0.1, 0.15) is 6.42 Å². The van der Waals surface area contributed by atoms with Crippen LogP contribution < -0.4 is 0 Å². The molecule has 2 heterocycles. The van der Waals surface area contributed by atoms with Gasteiger partial charge in [-0.3, -0.25) is 4.52 Å². The van der Waals surface area contributed by atoms with Crippen molar-refractivity contribution in [1.29, 1.82) is 0 Å². The minimum absolute atomic E-state index is 0.0840. The maximum absolute atomic E-state index is 10.6. The first-order valence-electron chi connectivity index (χ1n) is 4.02. The molecule has 13 heavy (non-hydrogen) atoms. The van der Waals surface area contributed by atoms with E-state index in [0.717, 1.165) is 0 Å². The Bertz CT molecular complexity index is 229. The van der Waals surface area contributed by atoms with Crippen molar-refractivity contribution in [2.45, 2.75) is 24.7 Å². The van der Waals surface area contributed by atoms with Crippen molar-refractivity contribution in [2.24, 2.45) is 0 Å². The Labute approximate surface area is 75.0 Å². The smallest absolute Gasteiger partial charge is 0.373 e. The molecule has 2 N–H and O–H groups in total. The third kappa shape index (κ3) is 3.34. The van der Waals surface area contributed by atoms with Gasteiger partial charge in [-0.25, -0.2) is 4.57 Å². The first-order valence-corrected chi connectivity index (χ1v) is 5.55. The molecular weight excluding hydrogens is 199 g/mol. The number of phosphoric ester groups is 1. The zero-order chi connectivity index (χ0) is 9.47. The largest absolute Gasteiger partial charge is 0.469 e. The van der Waals surface area contributed by atoms with E-state index in [0.29, 0.717) is 19.6 Å². The monoisotopic (exact) mass is 210 g/mol. The molecule has 0 saturated carbocycles. The summed E-state index contributed by atoms with van der Waals surface area (Å²) in [5.41, 5.74) is 0. The number of hydrogen-bond acceptors (Lipinski definition) is 4. The highest BCUT2D eigenvalue weighted by Crippen LogP contribution is 2.42. The molecule has 0 aliphatic carbocycles. The molecule has 3 atom stereocenters. The van der Waals surface area contributed by atoms with Crippen LogP contribution >= 0.6 is 7.82 Å². The molecule has 2 saturated heterocycles. The zero-order valence-corrected chi connectivity index (χ0v) is 7.72. The summed E-state index contributed by atoms with van der Waals surface area (Å²) >= 11 is 0. The van der Waals surface area contributed by atoms with Crippen LogP contribution in [-0.2, 0) is 18.6 Å². The molecule has 2 rings (SSSR count). The molecule has 7 heteroatoms. The molecule has 3 unspecified atom stereocenters. The summed E-state index contributed by atoms with van der Waals surface area (Å²) in [5.74, 6) is 0. The van der Waals surface area contributed by atoms with Crippen LogP contribution in [0, 0.1) is 0 Å². The van der Waals surface area contributed by atoms with Gasteiger partial charge in [-0.2, -0.15) is 0 Å². The Morgan fingerprint density at radius 3 is 2.46 bits per heavy atom. The minimum atomic E-state index is -4.40. The molecular formula is C6H11O6P. The number of phosphoric acid groups is 1. The molecule has 2 aliphatic rings. The van der Waals surface area contributed by atoms with Crippen LogP contribution in [-0.4, -0.2) is 41.3 Å². The lowest BCUT2D eigenvalue weighted by molar-refractivity contribution is 0.0957. The van der Waals surface area contributed by atoms with E-state index in [1.165, 1.54) is 0 Å². The Morgan fingerprint density at radius 1 is 1.46 bits per heavy atom. The molecule has 0 amide bonds. The first kappa shape index (κ1) is 9.58. The van der Waals surface area contributed by atoms with Crippen molar-refractivity contribution in [3.63, 3.8) is 0 Å². The molecule has 6 nitrogen and oxygen atoms in total. The maximum atomic E-state index is 10.6. The zero-order valence-electron chi connectivity index (χ0n) is 6.83. The highest BCUT2D eigenvalue weighted by Gasteiger charge is 2.41. The van der Waals surface area contributed by atoms with E-state index in [9.17, 15) is 4.57 Å². The van der Waals surface area contributed by atoms with E-state index in [-0.39, 0.29) is 12.2 Å². The predicted molar refractivity (Wildman–Crippen MR) is 41.0 cm³/mol.